The second kappa shape index (κ2) is 4.88. The zero-order valence-corrected chi connectivity index (χ0v) is 11.6. The van der Waals surface area contributed by atoms with Crippen molar-refractivity contribution in [3.05, 3.63) is 41.3 Å². The summed E-state index contributed by atoms with van der Waals surface area (Å²) in [6, 6.07) is 7.92. The van der Waals surface area contributed by atoms with Gasteiger partial charge in [-0.25, -0.2) is 9.78 Å². The molecule has 0 amide bonds. The quantitative estimate of drug-likeness (QED) is 0.919. The Morgan fingerprint density at radius 1 is 1.26 bits per heavy atom. The van der Waals surface area contributed by atoms with Crippen molar-refractivity contribution in [3.8, 4) is 11.3 Å². The summed E-state index contributed by atoms with van der Waals surface area (Å²) >= 11 is 0. The second-order valence-corrected chi connectivity index (χ2v) is 5.00. The van der Waals surface area contributed by atoms with E-state index in [4.69, 9.17) is 0 Å². The molecule has 0 fully saturated rings. The Kier molecular flexibility index (Phi) is 3.42. The summed E-state index contributed by atoms with van der Waals surface area (Å²) < 4.78 is 1.61. The first-order chi connectivity index (χ1) is 8.91. The van der Waals surface area contributed by atoms with Crippen molar-refractivity contribution in [2.75, 3.05) is 0 Å². The van der Waals surface area contributed by atoms with E-state index in [0.29, 0.717) is 17.4 Å². The molecule has 1 aromatic carbocycles. The van der Waals surface area contributed by atoms with Crippen molar-refractivity contribution in [2.45, 2.75) is 26.7 Å². The molecule has 0 aliphatic carbocycles. The Morgan fingerprint density at radius 3 is 2.32 bits per heavy atom. The molecule has 0 unspecified atom stereocenters. The van der Waals surface area contributed by atoms with Gasteiger partial charge in [0.25, 0.3) is 0 Å². The zero-order valence-electron chi connectivity index (χ0n) is 11.6. The molecule has 100 valence electrons. The van der Waals surface area contributed by atoms with Crippen LogP contribution >= 0.6 is 0 Å². The Bertz CT molecular complexity index is 610. The minimum absolute atomic E-state index is 0.231. The number of imidazole rings is 1. The molecule has 0 aliphatic rings. The largest absolute Gasteiger partial charge is 0.477 e. The Labute approximate surface area is 112 Å². The Morgan fingerprint density at radius 2 is 1.84 bits per heavy atom. The average molecular weight is 258 g/mol. The van der Waals surface area contributed by atoms with Crippen LogP contribution in [0.2, 0.25) is 0 Å². The molecule has 4 heteroatoms. The van der Waals surface area contributed by atoms with Gasteiger partial charge in [0, 0.05) is 12.6 Å². The van der Waals surface area contributed by atoms with E-state index in [-0.39, 0.29) is 5.69 Å². The van der Waals surface area contributed by atoms with E-state index in [1.165, 1.54) is 5.56 Å². The summed E-state index contributed by atoms with van der Waals surface area (Å²) in [6.45, 7) is 6.06. The number of hydrogen-bond donors (Lipinski definition) is 1. The van der Waals surface area contributed by atoms with Gasteiger partial charge in [-0.05, 0) is 18.4 Å². The lowest BCUT2D eigenvalue weighted by Crippen LogP contribution is -2.06. The van der Waals surface area contributed by atoms with Gasteiger partial charge < -0.3 is 9.67 Å². The molecule has 4 nitrogen and oxygen atoms in total. The second-order valence-electron chi connectivity index (χ2n) is 5.00. The van der Waals surface area contributed by atoms with Crippen molar-refractivity contribution >= 4 is 5.97 Å². The molecule has 0 atom stereocenters. The number of aromatic nitrogens is 2. The first-order valence-corrected chi connectivity index (χ1v) is 6.28. The number of aryl methyl sites for hydroxylation is 1. The van der Waals surface area contributed by atoms with Gasteiger partial charge in [0.15, 0.2) is 5.69 Å². The van der Waals surface area contributed by atoms with Crippen LogP contribution in [0.15, 0.2) is 24.3 Å². The number of rotatable bonds is 3. The number of carboxylic acid groups (broad SMARTS) is 1. The zero-order chi connectivity index (χ0) is 14.2. The highest BCUT2D eigenvalue weighted by Gasteiger charge is 2.19. The molecule has 0 bridgehead atoms. The summed E-state index contributed by atoms with van der Waals surface area (Å²) in [5.74, 6) is 0.199. The maximum absolute atomic E-state index is 11.3. The van der Waals surface area contributed by atoms with Crippen LogP contribution in [0, 0.1) is 6.92 Å². The highest BCUT2D eigenvalue weighted by molar-refractivity contribution is 5.93. The molecular weight excluding hydrogens is 240 g/mol. The maximum atomic E-state index is 11.3. The summed E-state index contributed by atoms with van der Waals surface area (Å²) in [6.07, 6.45) is 0. The van der Waals surface area contributed by atoms with Gasteiger partial charge in [-0.15, -0.1) is 0 Å². The van der Waals surface area contributed by atoms with Crippen LogP contribution in [-0.2, 0) is 7.05 Å². The molecule has 0 aliphatic heterocycles. The smallest absolute Gasteiger partial charge is 0.354 e. The number of nitrogens with zero attached hydrogens (tertiary/aromatic N) is 2. The molecule has 0 spiro atoms. The van der Waals surface area contributed by atoms with Crippen LogP contribution in [0.1, 0.15) is 41.6 Å². The van der Waals surface area contributed by atoms with Crippen molar-refractivity contribution in [2.24, 2.45) is 7.05 Å². The van der Waals surface area contributed by atoms with E-state index >= 15 is 0 Å². The molecule has 2 rings (SSSR count). The summed E-state index contributed by atoms with van der Waals surface area (Å²) in [5.41, 5.74) is 2.83. The monoisotopic (exact) mass is 258 g/mol. The van der Waals surface area contributed by atoms with Crippen LogP contribution in [0.5, 0.6) is 0 Å². The van der Waals surface area contributed by atoms with Gasteiger partial charge in [-0.2, -0.15) is 0 Å². The molecular formula is C15H18N2O2. The van der Waals surface area contributed by atoms with E-state index in [1.807, 2.05) is 24.3 Å². The van der Waals surface area contributed by atoms with Crippen LogP contribution < -0.4 is 0 Å². The van der Waals surface area contributed by atoms with Crippen molar-refractivity contribution in [1.82, 2.24) is 9.55 Å². The van der Waals surface area contributed by atoms with Gasteiger partial charge >= 0.3 is 5.97 Å². The minimum Gasteiger partial charge on any atom is -0.477 e. The highest BCUT2D eigenvalue weighted by atomic mass is 16.4. The lowest BCUT2D eigenvalue weighted by atomic mass is 10.0. The number of benzene rings is 1. The maximum Gasteiger partial charge on any atom is 0.354 e. The van der Waals surface area contributed by atoms with Crippen LogP contribution in [0.3, 0.4) is 0 Å². The highest BCUT2D eigenvalue weighted by Crippen LogP contribution is 2.25. The van der Waals surface area contributed by atoms with E-state index in [9.17, 15) is 9.90 Å². The van der Waals surface area contributed by atoms with Crippen LogP contribution in [0.4, 0.5) is 0 Å². The third-order valence-corrected chi connectivity index (χ3v) is 3.37. The Hall–Kier alpha value is -2.10. The topological polar surface area (TPSA) is 55.1 Å². The molecule has 1 heterocycles. The molecule has 0 radical (unpaired) electrons. The lowest BCUT2D eigenvalue weighted by molar-refractivity contribution is 0.0687. The van der Waals surface area contributed by atoms with Crippen LogP contribution in [-0.4, -0.2) is 20.6 Å². The Balaban J connectivity index is 2.53. The number of hydrogen-bond acceptors (Lipinski definition) is 2. The molecule has 19 heavy (non-hydrogen) atoms. The number of carboxylic acids is 1. The van der Waals surface area contributed by atoms with Crippen molar-refractivity contribution in [3.63, 3.8) is 0 Å². The summed E-state index contributed by atoms with van der Waals surface area (Å²) in [7, 11) is 1.72. The van der Waals surface area contributed by atoms with Gasteiger partial charge in [-0.1, -0.05) is 38.1 Å². The minimum atomic E-state index is -0.953. The predicted molar refractivity (Wildman–Crippen MR) is 74.4 cm³/mol. The van der Waals surface area contributed by atoms with Gasteiger partial charge in [0.2, 0.25) is 0 Å². The summed E-state index contributed by atoms with van der Waals surface area (Å²) in [5, 5.41) is 9.30. The van der Waals surface area contributed by atoms with Crippen molar-refractivity contribution in [1.29, 1.82) is 0 Å². The van der Waals surface area contributed by atoms with E-state index in [2.05, 4.69) is 18.8 Å². The summed E-state index contributed by atoms with van der Waals surface area (Å²) in [4.78, 5) is 15.7. The van der Waals surface area contributed by atoms with E-state index < -0.39 is 5.97 Å². The van der Waals surface area contributed by atoms with E-state index in [0.717, 1.165) is 5.56 Å². The normalized spacial score (nSPS) is 11.0. The number of carbonyl (C=O) groups is 1. The first-order valence-electron chi connectivity index (χ1n) is 6.28. The fourth-order valence-electron chi connectivity index (χ4n) is 2.08. The number of aromatic carboxylic acids is 1. The molecule has 1 N–H and O–H groups in total. The van der Waals surface area contributed by atoms with Crippen LogP contribution in [0.25, 0.3) is 11.3 Å². The molecule has 0 saturated carbocycles. The predicted octanol–water partition coefficient (Wildman–Crippen LogP) is 3.22. The van der Waals surface area contributed by atoms with Gasteiger partial charge in [0.05, 0.1) is 0 Å². The fourth-order valence-corrected chi connectivity index (χ4v) is 2.08. The first kappa shape index (κ1) is 13.3. The average Bonchev–Trinajstić information content (AvgIpc) is 2.66. The third-order valence-electron chi connectivity index (χ3n) is 3.37. The third kappa shape index (κ3) is 2.38. The molecule has 0 saturated heterocycles. The van der Waals surface area contributed by atoms with Gasteiger partial charge in [-0.3, -0.25) is 0 Å². The van der Waals surface area contributed by atoms with Crippen molar-refractivity contribution < 1.29 is 9.90 Å². The molecule has 2 aromatic rings. The SMILES string of the molecule is Cc1nc(-c2ccc(C(C)C)cc2)c(C(=O)O)n1C. The molecule has 1 aromatic heterocycles. The van der Waals surface area contributed by atoms with E-state index in [1.54, 1.807) is 18.5 Å². The lowest BCUT2D eigenvalue weighted by Gasteiger charge is -2.06. The fraction of sp³-hybridized carbons (Fsp3) is 0.333. The van der Waals surface area contributed by atoms with Gasteiger partial charge in [0.1, 0.15) is 11.5 Å². The standard InChI is InChI=1S/C15H18N2O2/c1-9(2)11-5-7-12(8-6-11)13-14(15(18)19)17(4)10(3)16-13/h5-9H,1-4H3,(H,18,19).